The third-order valence-electron chi connectivity index (χ3n) is 4.11. The van der Waals surface area contributed by atoms with Crippen molar-refractivity contribution in [1.29, 1.82) is 0 Å². The summed E-state index contributed by atoms with van der Waals surface area (Å²) in [7, 11) is 3.30. The van der Waals surface area contributed by atoms with E-state index in [1.165, 1.54) is 32.4 Å². The van der Waals surface area contributed by atoms with E-state index in [1.807, 2.05) is 6.07 Å². The van der Waals surface area contributed by atoms with Crippen molar-refractivity contribution >= 4 is 0 Å². The molecule has 1 aromatic rings. The summed E-state index contributed by atoms with van der Waals surface area (Å²) in [5, 5.41) is 3.49. The normalized spacial score (nSPS) is 17.5. The maximum atomic E-state index is 5.40. The van der Waals surface area contributed by atoms with Crippen LogP contribution in [0.25, 0.3) is 0 Å². The molecule has 1 N–H and O–H groups in total. The number of likely N-dealkylation sites (tertiary alicyclic amines) is 1. The Kier molecular flexibility index (Phi) is 6.26. The monoisotopic (exact) mass is 293 g/mol. The molecule has 5 nitrogen and oxygen atoms in total. The van der Waals surface area contributed by atoms with E-state index in [9.17, 15) is 0 Å². The maximum Gasteiger partial charge on any atom is 0.183 e. The second-order valence-corrected chi connectivity index (χ2v) is 5.57. The third kappa shape index (κ3) is 4.32. The lowest BCUT2D eigenvalue weighted by Gasteiger charge is -2.32. The van der Waals surface area contributed by atoms with Crippen molar-refractivity contribution in [3.63, 3.8) is 0 Å². The van der Waals surface area contributed by atoms with Crippen LogP contribution < -0.4 is 14.8 Å². The zero-order chi connectivity index (χ0) is 15.1. The van der Waals surface area contributed by atoms with E-state index in [4.69, 9.17) is 9.47 Å². The van der Waals surface area contributed by atoms with E-state index < -0.39 is 0 Å². The Morgan fingerprint density at radius 1 is 1.24 bits per heavy atom. The van der Waals surface area contributed by atoms with Gasteiger partial charge in [0, 0.05) is 31.4 Å². The number of nitrogens with zero attached hydrogens (tertiary/aromatic N) is 2. The number of ether oxygens (including phenoxy) is 2. The Morgan fingerprint density at radius 2 is 2.00 bits per heavy atom. The van der Waals surface area contributed by atoms with Gasteiger partial charge in [-0.1, -0.05) is 6.42 Å². The zero-order valence-corrected chi connectivity index (χ0v) is 13.4. The summed E-state index contributed by atoms with van der Waals surface area (Å²) in [5.41, 5.74) is 0.891. The molecular weight excluding hydrogens is 266 g/mol. The van der Waals surface area contributed by atoms with Gasteiger partial charge in [0.1, 0.15) is 0 Å². The van der Waals surface area contributed by atoms with Crippen LogP contribution >= 0.6 is 0 Å². The van der Waals surface area contributed by atoms with Gasteiger partial charge in [-0.3, -0.25) is 9.88 Å². The van der Waals surface area contributed by atoms with Crippen molar-refractivity contribution in [2.24, 2.45) is 0 Å². The lowest BCUT2D eigenvalue weighted by atomic mass is 10.1. The fraction of sp³-hybridized carbons (Fsp3) is 0.688. The molecule has 0 radical (unpaired) electrons. The minimum Gasteiger partial charge on any atom is -0.493 e. The van der Waals surface area contributed by atoms with Gasteiger partial charge in [-0.05, 0) is 32.9 Å². The highest BCUT2D eigenvalue weighted by Gasteiger charge is 2.17. The van der Waals surface area contributed by atoms with Crippen LogP contribution in [0.5, 0.6) is 11.5 Å². The minimum atomic E-state index is 0.557. The van der Waals surface area contributed by atoms with Crippen LogP contribution in [0.15, 0.2) is 12.3 Å². The molecule has 118 valence electrons. The van der Waals surface area contributed by atoms with Gasteiger partial charge in [-0.2, -0.15) is 0 Å². The largest absolute Gasteiger partial charge is 0.493 e. The Morgan fingerprint density at radius 3 is 2.67 bits per heavy atom. The van der Waals surface area contributed by atoms with Crippen molar-refractivity contribution in [3.05, 3.63) is 18.0 Å². The number of hydrogen-bond donors (Lipinski definition) is 1. The molecule has 0 aromatic carbocycles. The molecule has 1 aliphatic rings. The molecule has 1 fully saturated rings. The van der Waals surface area contributed by atoms with Gasteiger partial charge in [0.2, 0.25) is 0 Å². The van der Waals surface area contributed by atoms with Crippen LogP contribution in [0.3, 0.4) is 0 Å². The van der Waals surface area contributed by atoms with Gasteiger partial charge in [0.05, 0.1) is 19.9 Å². The van der Waals surface area contributed by atoms with Crippen LogP contribution in [0.2, 0.25) is 0 Å². The molecular formula is C16H27N3O2. The predicted molar refractivity (Wildman–Crippen MR) is 83.9 cm³/mol. The molecule has 5 heteroatoms. The lowest BCUT2D eigenvalue weighted by Crippen LogP contribution is -2.43. The first kappa shape index (κ1) is 16.0. The second kappa shape index (κ2) is 8.20. The average Bonchev–Trinajstić information content (AvgIpc) is 2.55. The first-order valence-corrected chi connectivity index (χ1v) is 7.77. The van der Waals surface area contributed by atoms with Gasteiger partial charge in [0.25, 0.3) is 0 Å². The van der Waals surface area contributed by atoms with Crippen molar-refractivity contribution < 1.29 is 9.47 Å². The van der Waals surface area contributed by atoms with Crippen molar-refractivity contribution in [1.82, 2.24) is 15.2 Å². The lowest BCUT2D eigenvalue weighted by molar-refractivity contribution is 0.170. The van der Waals surface area contributed by atoms with Gasteiger partial charge >= 0.3 is 0 Å². The predicted octanol–water partition coefficient (Wildman–Crippen LogP) is 2.06. The Hall–Kier alpha value is -1.33. The van der Waals surface area contributed by atoms with Crippen molar-refractivity contribution in [3.8, 4) is 11.5 Å². The number of piperidine rings is 1. The molecule has 21 heavy (non-hydrogen) atoms. The van der Waals surface area contributed by atoms with E-state index in [-0.39, 0.29) is 0 Å². The van der Waals surface area contributed by atoms with Crippen LogP contribution in [-0.2, 0) is 6.54 Å². The number of pyridine rings is 1. The summed E-state index contributed by atoms with van der Waals surface area (Å²) in [4.78, 5) is 6.95. The Balaban J connectivity index is 1.85. The first-order chi connectivity index (χ1) is 10.3. The number of methoxy groups -OCH3 is 2. The molecule has 2 heterocycles. The number of hydrogen-bond acceptors (Lipinski definition) is 5. The van der Waals surface area contributed by atoms with E-state index in [0.717, 1.165) is 23.7 Å². The standard InChI is InChI=1S/C16H27N3O2/c1-13(19-9-5-4-6-10-19)11-17-12-14-16(21-3)15(20-2)7-8-18-14/h7-8,13,17H,4-6,9-12H2,1-3H3. The van der Waals surface area contributed by atoms with E-state index in [0.29, 0.717) is 12.6 Å². The SMILES string of the molecule is COc1ccnc(CNCC(C)N2CCCCC2)c1OC. The zero-order valence-electron chi connectivity index (χ0n) is 13.4. The summed E-state index contributed by atoms with van der Waals surface area (Å²) in [5.74, 6) is 1.45. The van der Waals surface area contributed by atoms with Crippen molar-refractivity contribution in [2.75, 3.05) is 33.9 Å². The third-order valence-corrected chi connectivity index (χ3v) is 4.11. The van der Waals surface area contributed by atoms with Crippen LogP contribution in [0.4, 0.5) is 0 Å². The van der Waals surface area contributed by atoms with E-state index in [1.54, 1.807) is 20.4 Å². The molecule has 0 spiro atoms. The van der Waals surface area contributed by atoms with Crippen LogP contribution in [0.1, 0.15) is 31.9 Å². The molecule has 1 saturated heterocycles. The molecule has 1 unspecified atom stereocenters. The fourth-order valence-corrected chi connectivity index (χ4v) is 2.86. The molecule has 0 bridgehead atoms. The van der Waals surface area contributed by atoms with E-state index in [2.05, 4.69) is 22.1 Å². The van der Waals surface area contributed by atoms with E-state index >= 15 is 0 Å². The first-order valence-electron chi connectivity index (χ1n) is 7.77. The highest BCUT2D eigenvalue weighted by atomic mass is 16.5. The molecule has 0 amide bonds. The van der Waals surface area contributed by atoms with Crippen LogP contribution in [-0.4, -0.2) is 49.8 Å². The quantitative estimate of drug-likeness (QED) is 0.834. The summed E-state index contributed by atoms with van der Waals surface area (Å²) in [6.07, 6.45) is 5.79. The highest BCUT2D eigenvalue weighted by molar-refractivity contribution is 5.42. The summed E-state index contributed by atoms with van der Waals surface area (Å²) in [6, 6.07) is 2.38. The Labute approximate surface area is 127 Å². The summed E-state index contributed by atoms with van der Waals surface area (Å²) in [6.45, 7) is 6.39. The fourth-order valence-electron chi connectivity index (χ4n) is 2.86. The molecule has 0 saturated carbocycles. The summed E-state index contributed by atoms with van der Waals surface area (Å²) >= 11 is 0. The second-order valence-electron chi connectivity index (χ2n) is 5.57. The maximum absolute atomic E-state index is 5.40. The molecule has 0 aliphatic carbocycles. The highest BCUT2D eigenvalue weighted by Crippen LogP contribution is 2.28. The smallest absolute Gasteiger partial charge is 0.183 e. The van der Waals surface area contributed by atoms with Crippen LogP contribution in [0, 0.1) is 0 Å². The van der Waals surface area contributed by atoms with Gasteiger partial charge in [-0.15, -0.1) is 0 Å². The number of rotatable bonds is 7. The molecule has 1 aromatic heterocycles. The minimum absolute atomic E-state index is 0.557. The Bertz CT molecular complexity index is 434. The topological polar surface area (TPSA) is 46.6 Å². The molecule has 1 atom stereocenters. The number of nitrogens with one attached hydrogen (secondary N) is 1. The van der Waals surface area contributed by atoms with Crippen molar-refractivity contribution in [2.45, 2.75) is 38.8 Å². The number of aromatic nitrogens is 1. The van der Waals surface area contributed by atoms with Gasteiger partial charge < -0.3 is 14.8 Å². The molecule has 2 rings (SSSR count). The molecule has 1 aliphatic heterocycles. The van der Waals surface area contributed by atoms with Gasteiger partial charge in [0.15, 0.2) is 11.5 Å². The summed E-state index contributed by atoms with van der Waals surface area (Å²) < 4.78 is 10.7. The van der Waals surface area contributed by atoms with Gasteiger partial charge in [-0.25, -0.2) is 0 Å². The average molecular weight is 293 g/mol.